The molecule has 1 aliphatic heterocycles. The molecule has 3 amide bonds. The Morgan fingerprint density at radius 3 is 2.42 bits per heavy atom. The van der Waals surface area contributed by atoms with Gasteiger partial charge in [0, 0.05) is 13.3 Å². The zero-order valence-corrected chi connectivity index (χ0v) is 24.2. The van der Waals surface area contributed by atoms with Crippen molar-refractivity contribution in [2.24, 2.45) is 5.92 Å². The molecule has 4 rings (SSSR count). The van der Waals surface area contributed by atoms with Gasteiger partial charge in [0.1, 0.15) is 35.5 Å². The van der Waals surface area contributed by atoms with Crippen LogP contribution in [0.5, 0.6) is 11.5 Å². The fraction of sp³-hybridized carbons (Fsp3) is 0.400. The number of carbonyl (C=O) groups is 5. The summed E-state index contributed by atoms with van der Waals surface area (Å²) in [6.45, 7) is 4.84. The van der Waals surface area contributed by atoms with E-state index in [9.17, 15) is 29.1 Å². The van der Waals surface area contributed by atoms with Gasteiger partial charge in [-0.25, -0.2) is 4.98 Å². The fourth-order valence-electron chi connectivity index (χ4n) is 4.97. The van der Waals surface area contributed by atoms with E-state index in [0.29, 0.717) is 17.0 Å². The molecule has 2 heterocycles. The first kappa shape index (κ1) is 31.0. The number of oxazole rings is 1. The number of aromatic nitrogens is 1. The predicted molar refractivity (Wildman–Crippen MR) is 152 cm³/mol. The monoisotopic (exact) mass is 594 g/mol. The lowest BCUT2D eigenvalue weighted by Crippen LogP contribution is -2.56. The molecule has 1 saturated heterocycles. The van der Waals surface area contributed by atoms with Crippen molar-refractivity contribution in [2.45, 2.75) is 57.8 Å². The summed E-state index contributed by atoms with van der Waals surface area (Å²) in [5, 5.41) is 14.7. The second-order valence-electron chi connectivity index (χ2n) is 10.6. The highest BCUT2D eigenvalue weighted by Gasteiger charge is 2.44. The van der Waals surface area contributed by atoms with E-state index >= 15 is 0 Å². The van der Waals surface area contributed by atoms with E-state index in [4.69, 9.17) is 13.9 Å². The molecule has 13 nitrogen and oxygen atoms in total. The normalized spacial score (nSPS) is 17.7. The molecule has 2 aromatic carbocycles. The van der Waals surface area contributed by atoms with Crippen LogP contribution in [0.1, 0.15) is 44.3 Å². The quantitative estimate of drug-likeness (QED) is 0.263. The van der Waals surface area contributed by atoms with Gasteiger partial charge in [-0.15, -0.1) is 0 Å². The van der Waals surface area contributed by atoms with Crippen LogP contribution in [0.4, 0.5) is 0 Å². The highest BCUT2D eigenvalue weighted by molar-refractivity contribution is 6.03. The molecule has 3 aromatic rings. The van der Waals surface area contributed by atoms with Crippen LogP contribution < -0.4 is 20.1 Å². The van der Waals surface area contributed by atoms with Crippen molar-refractivity contribution in [3.8, 4) is 11.5 Å². The summed E-state index contributed by atoms with van der Waals surface area (Å²) in [6, 6.07) is 10.1. The van der Waals surface area contributed by atoms with Gasteiger partial charge < -0.3 is 34.5 Å². The van der Waals surface area contributed by atoms with Crippen molar-refractivity contribution < 1.29 is 43.0 Å². The van der Waals surface area contributed by atoms with Crippen molar-refractivity contribution in [1.29, 1.82) is 0 Å². The van der Waals surface area contributed by atoms with Gasteiger partial charge in [0.2, 0.25) is 23.5 Å². The molecule has 0 aliphatic carbocycles. The Labute approximate surface area is 247 Å². The van der Waals surface area contributed by atoms with Crippen LogP contribution in [0.3, 0.4) is 0 Å². The number of ether oxygens (including phenoxy) is 2. The number of carbonyl (C=O) groups excluding carboxylic acids is 4. The van der Waals surface area contributed by atoms with Gasteiger partial charge in [0.05, 0.1) is 20.1 Å². The van der Waals surface area contributed by atoms with Crippen molar-refractivity contribution >= 4 is 40.6 Å². The van der Waals surface area contributed by atoms with Gasteiger partial charge in [-0.2, -0.15) is 0 Å². The molecule has 1 aliphatic rings. The van der Waals surface area contributed by atoms with Crippen molar-refractivity contribution in [1.82, 2.24) is 20.5 Å². The molecule has 0 radical (unpaired) electrons. The number of nitrogens with zero attached hydrogens (tertiary/aromatic N) is 2. The van der Waals surface area contributed by atoms with Gasteiger partial charge in [-0.1, -0.05) is 38.1 Å². The Bertz CT molecular complexity index is 1500. The number of para-hydroxylation sites is 2. The first-order valence-electron chi connectivity index (χ1n) is 13.8. The number of carboxylic acid groups (broad SMARTS) is 1. The minimum absolute atomic E-state index is 0.0249. The number of rotatable bonds is 12. The van der Waals surface area contributed by atoms with Crippen molar-refractivity contribution in [2.75, 3.05) is 13.7 Å². The molecule has 4 unspecified atom stereocenters. The number of hydrogen-bond acceptors (Lipinski definition) is 9. The molecule has 0 bridgehead atoms. The van der Waals surface area contributed by atoms with Gasteiger partial charge in [-0.05, 0) is 30.2 Å². The van der Waals surface area contributed by atoms with Crippen LogP contribution in [0.15, 0.2) is 52.9 Å². The molecule has 0 saturated carbocycles. The maximum atomic E-state index is 13.7. The number of benzene rings is 2. The Hall–Kier alpha value is -4.94. The maximum Gasteiger partial charge on any atom is 0.305 e. The Kier molecular flexibility index (Phi) is 9.63. The molecule has 1 fully saturated rings. The number of ketones is 1. The number of aliphatic carboxylic acids is 1. The number of methoxy groups -OCH3 is 1. The summed E-state index contributed by atoms with van der Waals surface area (Å²) in [6.07, 6.45) is -1.29. The summed E-state index contributed by atoms with van der Waals surface area (Å²) in [5.74, 6) is -3.72. The number of nitrogens with one attached hydrogen (secondary N) is 2. The number of amides is 3. The van der Waals surface area contributed by atoms with Crippen LogP contribution in [-0.4, -0.2) is 82.3 Å². The molecule has 228 valence electrons. The van der Waals surface area contributed by atoms with Gasteiger partial charge in [0.25, 0.3) is 5.89 Å². The first-order valence-corrected chi connectivity index (χ1v) is 13.8. The lowest BCUT2D eigenvalue weighted by atomic mass is 10.0. The molecular formula is C30H34N4O9. The summed E-state index contributed by atoms with van der Waals surface area (Å²) in [5.41, 5.74) is 0.509. The average Bonchev–Trinajstić information content (AvgIpc) is 3.59. The Balaban J connectivity index is 1.61. The molecule has 1 aromatic heterocycles. The number of carboxylic acids is 1. The maximum absolute atomic E-state index is 13.7. The minimum Gasteiger partial charge on any atom is -0.493 e. The second kappa shape index (κ2) is 13.4. The summed E-state index contributed by atoms with van der Waals surface area (Å²) in [4.78, 5) is 69.9. The number of hydrogen-bond donors (Lipinski definition) is 3. The zero-order valence-electron chi connectivity index (χ0n) is 24.2. The number of Topliss-reactive ketones (excluding diaryl/α,β-unsaturated/α-hetero) is 1. The second-order valence-corrected chi connectivity index (χ2v) is 10.6. The van der Waals surface area contributed by atoms with Crippen LogP contribution in [0.2, 0.25) is 0 Å². The largest absolute Gasteiger partial charge is 0.493 e. The fourth-order valence-corrected chi connectivity index (χ4v) is 4.97. The first-order chi connectivity index (χ1) is 20.5. The van der Waals surface area contributed by atoms with E-state index in [1.807, 2.05) is 6.07 Å². The summed E-state index contributed by atoms with van der Waals surface area (Å²) < 4.78 is 16.9. The van der Waals surface area contributed by atoms with Gasteiger partial charge in [0.15, 0.2) is 11.3 Å². The smallest absolute Gasteiger partial charge is 0.305 e. The molecule has 43 heavy (non-hydrogen) atoms. The third-order valence-corrected chi connectivity index (χ3v) is 7.01. The average molecular weight is 595 g/mol. The third kappa shape index (κ3) is 7.29. The summed E-state index contributed by atoms with van der Waals surface area (Å²) in [7, 11) is 1.42. The van der Waals surface area contributed by atoms with Gasteiger partial charge >= 0.3 is 5.97 Å². The SMILES string of the molecule is COc1cccc2nc(C(=O)C(CC(=O)O)NC(=O)C3CC(Oc4ccccc4)CN3C(=O)C(NC(C)=O)C(C)C)oc12. The van der Waals surface area contributed by atoms with E-state index in [1.165, 1.54) is 18.9 Å². The van der Waals surface area contributed by atoms with E-state index < -0.39 is 66.0 Å². The minimum atomic E-state index is -1.55. The number of likely N-dealkylation sites (tertiary alicyclic amines) is 1. The highest BCUT2D eigenvalue weighted by Crippen LogP contribution is 2.28. The van der Waals surface area contributed by atoms with Gasteiger partial charge in [-0.3, -0.25) is 24.0 Å². The molecule has 0 spiro atoms. The van der Waals surface area contributed by atoms with E-state index in [-0.39, 0.29) is 24.5 Å². The van der Waals surface area contributed by atoms with Crippen LogP contribution in [0, 0.1) is 5.92 Å². The lowest BCUT2D eigenvalue weighted by Gasteiger charge is -2.30. The third-order valence-electron chi connectivity index (χ3n) is 7.01. The van der Waals surface area contributed by atoms with E-state index in [0.717, 1.165) is 0 Å². The highest BCUT2D eigenvalue weighted by atomic mass is 16.5. The van der Waals surface area contributed by atoms with E-state index in [2.05, 4.69) is 15.6 Å². The molecule has 4 atom stereocenters. The van der Waals surface area contributed by atoms with Crippen LogP contribution in [0.25, 0.3) is 11.1 Å². The molecule has 13 heteroatoms. The molecule has 3 N–H and O–H groups in total. The topological polar surface area (TPSA) is 177 Å². The zero-order chi connectivity index (χ0) is 31.3. The van der Waals surface area contributed by atoms with Crippen molar-refractivity contribution in [3.05, 3.63) is 54.4 Å². The van der Waals surface area contributed by atoms with Crippen molar-refractivity contribution in [3.63, 3.8) is 0 Å². The lowest BCUT2D eigenvalue weighted by molar-refractivity contribution is -0.142. The molecular weight excluding hydrogens is 560 g/mol. The summed E-state index contributed by atoms with van der Waals surface area (Å²) >= 11 is 0. The number of fused-ring (bicyclic) bond motifs is 1. The van der Waals surface area contributed by atoms with Crippen LogP contribution in [-0.2, 0) is 19.2 Å². The van der Waals surface area contributed by atoms with E-state index in [1.54, 1.807) is 56.3 Å². The van der Waals surface area contributed by atoms with Crippen LogP contribution >= 0.6 is 0 Å². The Morgan fingerprint density at radius 2 is 1.79 bits per heavy atom. The predicted octanol–water partition coefficient (Wildman–Crippen LogP) is 2.19. The standard InChI is InChI=1S/C30H34N4O9/c1-16(2)25(31-17(3)35)30(40)34-15-19(42-18-9-6-5-7-10-18)13-22(34)28(39)32-21(14-24(36)37)26(38)29-33-20-11-8-12-23(41-4)27(20)43-29/h5-12,16,19,21-22,25H,13-15H2,1-4H3,(H,31,35)(H,32,39)(H,36,37). The Morgan fingerprint density at radius 1 is 1.07 bits per heavy atom.